The molecule has 0 fully saturated rings. The van der Waals surface area contributed by atoms with Crippen LogP contribution in [0.3, 0.4) is 0 Å². The molecule has 0 aliphatic heterocycles. The smallest absolute Gasteiger partial charge is 0.429 e. The van der Waals surface area contributed by atoms with Gasteiger partial charge in [0.25, 0.3) is 0 Å². The molecule has 26 heavy (non-hydrogen) atoms. The quantitative estimate of drug-likeness (QED) is 0.614. The van der Waals surface area contributed by atoms with E-state index in [-0.39, 0.29) is 11.9 Å². The number of hydrogen-bond donors (Lipinski definition) is 1. The summed E-state index contributed by atoms with van der Waals surface area (Å²) in [6, 6.07) is 5.43. The Bertz CT molecular complexity index is 627. The summed E-state index contributed by atoms with van der Waals surface area (Å²) in [6.45, 7) is 8.16. The molecule has 1 N–H and O–H groups in total. The SMILES string of the molecule is COc1ccc(C(=O)[C@H](C)N(NC(=O)OC(C)C)C(=O)OC(C)C)cc1. The van der Waals surface area contributed by atoms with Crippen LogP contribution in [0.25, 0.3) is 0 Å². The molecule has 0 saturated carbocycles. The molecule has 144 valence electrons. The maximum absolute atomic E-state index is 12.7. The molecule has 0 bridgehead atoms. The number of methoxy groups -OCH3 is 1. The maximum Gasteiger partial charge on any atom is 0.429 e. The summed E-state index contributed by atoms with van der Waals surface area (Å²) in [5, 5.41) is 0.831. The van der Waals surface area contributed by atoms with Crippen molar-refractivity contribution in [3.63, 3.8) is 0 Å². The number of nitrogens with zero attached hydrogens (tertiary/aromatic N) is 1. The van der Waals surface area contributed by atoms with Crippen LogP contribution in [0.2, 0.25) is 0 Å². The summed E-state index contributed by atoms with van der Waals surface area (Å²) < 4.78 is 15.1. The fourth-order valence-electron chi connectivity index (χ4n) is 2.01. The molecular weight excluding hydrogens is 340 g/mol. The largest absolute Gasteiger partial charge is 0.497 e. The zero-order valence-corrected chi connectivity index (χ0v) is 15.9. The Labute approximate surface area is 153 Å². The lowest BCUT2D eigenvalue weighted by atomic mass is 10.1. The van der Waals surface area contributed by atoms with E-state index in [1.807, 2.05) is 0 Å². The van der Waals surface area contributed by atoms with E-state index in [9.17, 15) is 14.4 Å². The number of hydrogen-bond acceptors (Lipinski definition) is 6. The third-order valence-corrected chi connectivity index (χ3v) is 3.23. The maximum atomic E-state index is 12.7. The van der Waals surface area contributed by atoms with Crippen LogP contribution in [0.15, 0.2) is 24.3 Å². The van der Waals surface area contributed by atoms with Crippen molar-refractivity contribution in [1.29, 1.82) is 0 Å². The number of carbonyl (C=O) groups is 3. The minimum Gasteiger partial charge on any atom is -0.497 e. The molecule has 0 heterocycles. The summed E-state index contributed by atoms with van der Waals surface area (Å²) in [5.74, 6) is 0.224. The highest BCUT2D eigenvalue weighted by Crippen LogP contribution is 2.15. The van der Waals surface area contributed by atoms with E-state index in [4.69, 9.17) is 14.2 Å². The van der Waals surface area contributed by atoms with Gasteiger partial charge in [-0.15, -0.1) is 0 Å². The Hall–Kier alpha value is -2.77. The average Bonchev–Trinajstić information content (AvgIpc) is 2.57. The summed E-state index contributed by atoms with van der Waals surface area (Å²) in [5.41, 5.74) is 2.64. The first-order valence-corrected chi connectivity index (χ1v) is 8.31. The van der Waals surface area contributed by atoms with Crippen molar-refractivity contribution in [3.05, 3.63) is 29.8 Å². The number of benzene rings is 1. The van der Waals surface area contributed by atoms with Gasteiger partial charge in [-0.3, -0.25) is 4.79 Å². The summed E-state index contributed by atoms with van der Waals surface area (Å²) >= 11 is 0. The van der Waals surface area contributed by atoms with Gasteiger partial charge in [0.1, 0.15) is 11.8 Å². The van der Waals surface area contributed by atoms with Gasteiger partial charge < -0.3 is 14.2 Å². The molecule has 0 radical (unpaired) electrons. The van der Waals surface area contributed by atoms with E-state index >= 15 is 0 Å². The van der Waals surface area contributed by atoms with Crippen LogP contribution in [0, 0.1) is 0 Å². The Kier molecular flexibility index (Phi) is 7.89. The lowest BCUT2D eigenvalue weighted by molar-refractivity contribution is 0.0326. The summed E-state index contributed by atoms with van der Waals surface area (Å²) in [6.07, 6.45) is -2.51. The van der Waals surface area contributed by atoms with Crippen LogP contribution in [0.4, 0.5) is 9.59 Å². The third kappa shape index (κ3) is 6.27. The van der Waals surface area contributed by atoms with Crippen molar-refractivity contribution in [2.75, 3.05) is 7.11 Å². The molecule has 8 nitrogen and oxygen atoms in total. The van der Waals surface area contributed by atoms with Crippen LogP contribution in [-0.2, 0) is 9.47 Å². The number of ketones is 1. The number of rotatable bonds is 6. The first kappa shape index (κ1) is 21.3. The van der Waals surface area contributed by atoms with E-state index in [2.05, 4.69) is 5.43 Å². The standard InChI is InChI=1S/C18H26N2O6/c1-11(2)25-17(22)19-20(18(23)26-12(3)4)13(5)16(21)14-7-9-15(24-6)10-8-14/h7-13H,1-6H3,(H,19,22)/t13-/m0/s1. The lowest BCUT2D eigenvalue weighted by Crippen LogP contribution is -2.54. The number of hydrazine groups is 1. The lowest BCUT2D eigenvalue weighted by Gasteiger charge is -2.28. The molecule has 0 saturated heterocycles. The Morgan fingerprint density at radius 2 is 1.46 bits per heavy atom. The van der Waals surface area contributed by atoms with Crippen molar-refractivity contribution in [2.45, 2.75) is 52.9 Å². The minimum absolute atomic E-state index is 0.361. The molecular formula is C18H26N2O6. The number of Topliss-reactive ketones (excluding diaryl/α,β-unsaturated/α-hetero) is 1. The van der Waals surface area contributed by atoms with Gasteiger partial charge in [0.05, 0.1) is 19.3 Å². The van der Waals surface area contributed by atoms with Crippen LogP contribution in [0.1, 0.15) is 45.0 Å². The zero-order chi connectivity index (χ0) is 19.9. The zero-order valence-electron chi connectivity index (χ0n) is 15.9. The van der Waals surface area contributed by atoms with E-state index in [1.165, 1.54) is 14.0 Å². The average molecular weight is 366 g/mol. The van der Waals surface area contributed by atoms with E-state index < -0.39 is 24.3 Å². The minimum atomic E-state index is -1.01. The predicted molar refractivity (Wildman–Crippen MR) is 95.0 cm³/mol. The molecule has 0 spiro atoms. The van der Waals surface area contributed by atoms with Crippen LogP contribution >= 0.6 is 0 Å². The van der Waals surface area contributed by atoms with Crippen LogP contribution in [-0.4, -0.2) is 48.3 Å². The van der Waals surface area contributed by atoms with Gasteiger partial charge in [0.15, 0.2) is 5.78 Å². The molecule has 1 atom stereocenters. The van der Waals surface area contributed by atoms with Crippen molar-refractivity contribution >= 4 is 18.0 Å². The van der Waals surface area contributed by atoms with Crippen molar-refractivity contribution < 1.29 is 28.6 Å². The third-order valence-electron chi connectivity index (χ3n) is 3.23. The Morgan fingerprint density at radius 1 is 0.923 bits per heavy atom. The highest BCUT2D eigenvalue weighted by atomic mass is 16.6. The number of nitrogens with one attached hydrogen (secondary N) is 1. The molecule has 1 aromatic carbocycles. The molecule has 0 unspecified atom stereocenters. The van der Waals surface area contributed by atoms with Gasteiger partial charge in [-0.25, -0.2) is 20.0 Å². The van der Waals surface area contributed by atoms with Crippen molar-refractivity contribution in [3.8, 4) is 5.75 Å². The second-order valence-corrected chi connectivity index (χ2v) is 6.14. The second kappa shape index (κ2) is 9.65. The normalized spacial score (nSPS) is 11.7. The number of carbonyl (C=O) groups excluding carboxylic acids is 3. The van der Waals surface area contributed by atoms with E-state index in [0.717, 1.165) is 5.01 Å². The second-order valence-electron chi connectivity index (χ2n) is 6.14. The van der Waals surface area contributed by atoms with Gasteiger partial charge in [-0.05, 0) is 58.9 Å². The molecule has 1 aromatic rings. The van der Waals surface area contributed by atoms with Gasteiger partial charge in [-0.1, -0.05) is 0 Å². The number of ether oxygens (including phenoxy) is 3. The van der Waals surface area contributed by atoms with Crippen molar-refractivity contribution in [2.24, 2.45) is 0 Å². The van der Waals surface area contributed by atoms with Gasteiger partial charge >= 0.3 is 12.2 Å². The highest BCUT2D eigenvalue weighted by Gasteiger charge is 2.31. The Balaban J connectivity index is 2.99. The molecule has 0 aliphatic rings. The topological polar surface area (TPSA) is 94.2 Å². The van der Waals surface area contributed by atoms with Gasteiger partial charge in [0.2, 0.25) is 0 Å². The fraction of sp³-hybridized carbons (Fsp3) is 0.500. The fourth-order valence-corrected chi connectivity index (χ4v) is 2.01. The van der Waals surface area contributed by atoms with E-state index in [0.29, 0.717) is 11.3 Å². The van der Waals surface area contributed by atoms with E-state index in [1.54, 1.807) is 52.0 Å². The van der Waals surface area contributed by atoms with Gasteiger partial charge in [-0.2, -0.15) is 0 Å². The highest BCUT2D eigenvalue weighted by molar-refractivity contribution is 6.01. The van der Waals surface area contributed by atoms with Crippen molar-refractivity contribution in [1.82, 2.24) is 10.4 Å². The monoisotopic (exact) mass is 366 g/mol. The van der Waals surface area contributed by atoms with Crippen LogP contribution < -0.4 is 10.2 Å². The first-order valence-electron chi connectivity index (χ1n) is 8.31. The molecule has 8 heteroatoms. The van der Waals surface area contributed by atoms with Crippen LogP contribution in [0.5, 0.6) is 5.75 Å². The van der Waals surface area contributed by atoms with Gasteiger partial charge in [0, 0.05) is 5.56 Å². The Morgan fingerprint density at radius 3 is 1.92 bits per heavy atom. The first-order chi connectivity index (χ1) is 12.1. The summed E-state index contributed by atoms with van der Waals surface area (Å²) in [4.78, 5) is 36.9. The summed E-state index contributed by atoms with van der Waals surface area (Å²) in [7, 11) is 1.52. The predicted octanol–water partition coefficient (Wildman–Crippen LogP) is 3.16. The molecule has 0 aromatic heterocycles. The molecule has 2 amide bonds. The molecule has 0 aliphatic carbocycles. The molecule has 1 rings (SSSR count). The number of amides is 2.